The zero-order valence-corrected chi connectivity index (χ0v) is 15.9. The summed E-state index contributed by atoms with van der Waals surface area (Å²) in [5.74, 6) is 0.701. The number of rotatable bonds is 7. The third-order valence-corrected chi connectivity index (χ3v) is 3.70. The second-order valence-electron chi connectivity index (χ2n) is 5.72. The van der Waals surface area contributed by atoms with Crippen molar-refractivity contribution in [3.8, 4) is 5.75 Å². The van der Waals surface area contributed by atoms with Crippen molar-refractivity contribution in [3.63, 3.8) is 0 Å². The van der Waals surface area contributed by atoms with Gasteiger partial charge in [-0.3, -0.25) is 4.98 Å². The lowest BCUT2D eigenvalue weighted by molar-refractivity contribution is 0.413. The Balaban J connectivity index is 2.32. The number of hydrogen-bond acceptors (Lipinski definition) is 6. The lowest BCUT2D eigenvalue weighted by Gasteiger charge is -2.19. The van der Waals surface area contributed by atoms with Gasteiger partial charge >= 0.3 is 0 Å². The number of anilines is 2. The van der Waals surface area contributed by atoms with Crippen molar-refractivity contribution in [1.82, 2.24) is 9.97 Å². The number of nitrogens with zero attached hydrogens (tertiary/aromatic N) is 2. The van der Waals surface area contributed by atoms with Crippen molar-refractivity contribution in [1.29, 1.82) is 5.41 Å². The molecule has 0 aliphatic carbocycles. The minimum atomic E-state index is 0.239. The third-order valence-electron chi connectivity index (χ3n) is 3.29. The first kappa shape index (κ1) is 18.2. The highest BCUT2D eigenvalue weighted by Gasteiger charge is 2.14. The fourth-order valence-electron chi connectivity index (χ4n) is 2.25. The zero-order valence-electron chi connectivity index (χ0n) is 14.3. The van der Waals surface area contributed by atoms with E-state index in [4.69, 9.17) is 10.1 Å². The minimum Gasteiger partial charge on any atom is -0.495 e. The predicted octanol–water partition coefficient (Wildman–Crippen LogP) is 4.07. The van der Waals surface area contributed by atoms with E-state index >= 15 is 0 Å². The van der Waals surface area contributed by atoms with Crippen LogP contribution < -0.4 is 15.4 Å². The molecule has 128 valence electrons. The number of aromatic nitrogens is 2. The van der Waals surface area contributed by atoms with Crippen molar-refractivity contribution in [2.24, 2.45) is 0 Å². The summed E-state index contributed by atoms with van der Waals surface area (Å²) >= 11 is 3.44. The summed E-state index contributed by atoms with van der Waals surface area (Å²) in [6, 6.07) is 4.09. The Kier molecular flexibility index (Phi) is 6.14. The molecule has 0 bridgehead atoms. The molecule has 0 aliphatic heterocycles. The Morgan fingerprint density at radius 3 is 2.71 bits per heavy atom. The molecular weight excluding hydrogens is 370 g/mol. The molecule has 0 unspecified atom stereocenters. The van der Waals surface area contributed by atoms with Gasteiger partial charge in [-0.2, -0.15) is 0 Å². The van der Waals surface area contributed by atoms with Crippen molar-refractivity contribution >= 4 is 33.0 Å². The summed E-state index contributed by atoms with van der Waals surface area (Å²) in [5, 5.41) is 14.7. The molecule has 0 fully saturated rings. The Bertz CT molecular complexity index is 733. The van der Waals surface area contributed by atoms with Crippen molar-refractivity contribution in [2.45, 2.75) is 33.4 Å². The molecule has 0 atom stereocenters. The second kappa shape index (κ2) is 8.10. The van der Waals surface area contributed by atoms with Crippen LogP contribution in [0.1, 0.15) is 32.0 Å². The lowest BCUT2D eigenvalue weighted by atomic mass is 10.1. The van der Waals surface area contributed by atoms with Crippen molar-refractivity contribution in [3.05, 3.63) is 40.4 Å². The lowest BCUT2D eigenvalue weighted by Crippen LogP contribution is -2.17. The predicted molar refractivity (Wildman–Crippen MR) is 101 cm³/mol. The van der Waals surface area contributed by atoms with Crippen LogP contribution in [0.15, 0.2) is 29.1 Å². The number of ether oxygens (including phenoxy) is 1. The quantitative estimate of drug-likeness (QED) is 0.489. The Morgan fingerprint density at radius 2 is 2.08 bits per heavy atom. The Morgan fingerprint density at radius 1 is 1.33 bits per heavy atom. The van der Waals surface area contributed by atoms with Gasteiger partial charge in [0.05, 0.1) is 36.6 Å². The highest BCUT2D eigenvalue weighted by atomic mass is 79.9. The van der Waals surface area contributed by atoms with E-state index in [0.717, 1.165) is 16.9 Å². The first-order valence-electron chi connectivity index (χ1n) is 7.65. The van der Waals surface area contributed by atoms with Crippen molar-refractivity contribution in [2.75, 3.05) is 17.7 Å². The van der Waals surface area contributed by atoms with Gasteiger partial charge in [0.25, 0.3) is 0 Å². The molecule has 24 heavy (non-hydrogen) atoms. The van der Waals surface area contributed by atoms with Gasteiger partial charge < -0.3 is 20.8 Å². The standard InChI is InChI=1S/C17H22BrN5O/c1-10(2)22-17-12(5-15(18)23-16(17)11(3)19)7-21-13-6-14(24-4)9-20-8-13/h5-6,8-10,19,21-22H,7H2,1-4H3. The monoisotopic (exact) mass is 391 g/mol. The maximum Gasteiger partial charge on any atom is 0.139 e. The number of methoxy groups -OCH3 is 1. The first-order chi connectivity index (χ1) is 11.4. The Labute approximate surface area is 150 Å². The van der Waals surface area contributed by atoms with E-state index in [9.17, 15) is 0 Å². The third kappa shape index (κ3) is 4.67. The van der Waals surface area contributed by atoms with E-state index in [1.807, 2.05) is 12.1 Å². The average molecular weight is 392 g/mol. The van der Waals surface area contributed by atoms with Crippen LogP contribution >= 0.6 is 15.9 Å². The van der Waals surface area contributed by atoms with Crippen LogP contribution in [-0.2, 0) is 6.54 Å². The van der Waals surface area contributed by atoms with E-state index in [1.165, 1.54) is 0 Å². The molecule has 2 rings (SSSR count). The highest BCUT2D eigenvalue weighted by molar-refractivity contribution is 9.10. The van der Waals surface area contributed by atoms with E-state index in [1.54, 1.807) is 26.4 Å². The highest BCUT2D eigenvalue weighted by Crippen LogP contribution is 2.26. The van der Waals surface area contributed by atoms with E-state index in [2.05, 4.69) is 50.4 Å². The zero-order chi connectivity index (χ0) is 17.7. The molecule has 0 aliphatic rings. The van der Waals surface area contributed by atoms with Gasteiger partial charge in [0.15, 0.2) is 0 Å². The Hall–Kier alpha value is -2.15. The van der Waals surface area contributed by atoms with Crippen molar-refractivity contribution < 1.29 is 4.74 Å². The molecule has 0 spiro atoms. The molecule has 2 aromatic heterocycles. The second-order valence-corrected chi connectivity index (χ2v) is 6.53. The normalized spacial score (nSPS) is 10.6. The van der Waals surface area contributed by atoms with Crippen LogP contribution in [0, 0.1) is 5.41 Å². The largest absolute Gasteiger partial charge is 0.495 e. The van der Waals surface area contributed by atoms with E-state index in [-0.39, 0.29) is 6.04 Å². The molecule has 0 saturated carbocycles. The number of halogens is 1. The summed E-state index contributed by atoms with van der Waals surface area (Å²) in [6.07, 6.45) is 3.41. The van der Waals surface area contributed by atoms with Gasteiger partial charge in [0.1, 0.15) is 16.0 Å². The van der Waals surface area contributed by atoms with Gasteiger partial charge in [-0.15, -0.1) is 0 Å². The minimum absolute atomic E-state index is 0.239. The van der Waals surface area contributed by atoms with Gasteiger partial charge in [0.2, 0.25) is 0 Å². The summed E-state index contributed by atoms with van der Waals surface area (Å²) in [4.78, 5) is 8.58. The van der Waals surface area contributed by atoms with Crippen LogP contribution in [-0.4, -0.2) is 28.8 Å². The van der Waals surface area contributed by atoms with Gasteiger partial charge in [-0.25, -0.2) is 4.98 Å². The molecule has 2 aromatic rings. The van der Waals surface area contributed by atoms with Crippen LogP contribution in [0.2, 0.25) is 0 Å². The summed E-state index contributed by atoms with van der Waals surface area (Å²) in [6.45, 7) is 6.44. The molecule has 2 heterocycles. The molecule has 6 nitrogen and oxygen atoms in total. The SMILES string of the molecule is COc1cncc(NCc2cc(Br)nc(C(C)=N)c2NC(C)C)c1. The number of pyridine rings is 2. The van der Waals surface area contributed by atoms with Gasteiger partial charge in [0, 0.05) is 18.7 Å². The molecule has 7 heteroatoms. The molecular formula is C17H22BrN5O. The van der Waals surface area contributed by atoms with Gasteiger partial charge in [-0.05, 0) is 48.3 Å². The molecule has 0 amide bonds. The molecule has 0 aromatic carbocycles. The molecule has 0 saturated heterocycles. The maximum absolute atomic E-state index is 7.99. The van der Waals surface area contributed by atoms with E-state index in [0.29, 0.717) is 28.3 Å². The maximum atomic E-state index is 7.99. The van der Waals surface area contributed by atoms with Gasteiger partial charge in [-0.1, -0.05) is 0 Å². The fourth-order valence-corrected chi connectivity index (χ4v) is 2.70. The first-order valence-corrected chi connectivity index (χ1v) is 8.44. The summed E-state index contributed by atoms with van der Waals surface area (Å²) in [7, 11) is 1.62. The summed E-state index contributed by atoms with van der Waals surface area (Å²) in [5.41, 5.74) is 3.84. The van der Waals surface area contributed by atoms with Crippen LogP contribution in [0.3, 0.4) is 0 Å². The summed E-state index contributed by atoms with van der Waals surface area (Å²) < 4.78 is 5.90. The molecule has 3 N–H and O–H groups in total. The number of hydrogen-bond donors (Lipinski definition) is 3. The van der Waals surface area contributed by atoms with Crippen LogP contribution in [0.4, 0.5) is 11.4 Å². The molecule has 0 radical (unpaired) electrons. The van der Waals surface area contributed by atoms with E-state index < -0.39 is 0 Å². The topological polar surface area (TPSA) is 82.9 Å². The fraction of sp³-hybridized carbons (Fsp3) is 0.353. The van der Waals surface area contributed by atoms with Crippen LogP contribution in [0.5, 0.6) is 5.75 Å². The number of nitrogens with one attached hydrogen (secondary N) is 3. The smallest absolute Gasteiger partial charge is 0.139 e. The van der Waals surface area contributed by atoms with Crippen LogP contribution in [0.25, 0.3) is 0 Å². The average Bonchev–Trinajstić information content (AvgIpc) is 2.54.